The molecule has 20 heavy (non-hydrogen) atoms. The highest BCUT2D eigenvalue weighted by Gasteiger charge is 2.17. The van der Waals surface area contributed by atoms with Gasteiger partial charge in [0, 0.05) is 15.1 Å². The van der Waals surface area contributed by atoms with Gasteiger partial charge < -0.3 is 9.73 Å². The lowest BCUT2D eigenvalue weighted by Crippen LogP contribution is -2.24. The van der Waals surface area contributed by atoms with Gasteiger partial charge in [0.15, 0.2) is 0 Å². The molecular formula is C15H17Br2NOS. The average Bonchev–Trinajstić information content (AvgIpc) is 2.87. The third kappa shape index (κ3) is 4.65. The second-order valence-electron chi connectivity index (χ2n) is 4.40. The summed E-state index contributed by atoms with van der Waals surface area (Å²) in [5, 5.41) is 3.54. The molecule has 108 valence electrons. The molecule has 0 aliphatic heterocycles. The van der Waals surface area contributed by atoms with E-state index in [0.29, 0.717) is 0 Å². The van der Waals surface area contributed by atoms with Crippen molar-refractivity contribution in [1.82, 2.24) is 5.32 Å². The van der Waals surface area contributed by atoms with E-state index in [0.717, 1.165) is 33.4 Å². The fourth-order valence-corrected chi connectivity index (χ4v) is 3.51. The zero-order chi connectivity index (χ0) is 14.4. The second kappa shape index (κ2) is 8.27. The van der Waals surface area contributed by atoms with Crippen molar-refractivity contribution in [3.8, 4) is 0 Å². The molecule has 2 aromatic rings. The SMILES string of the molecule is CCCNC(CSc1ccc(Br)cc1)c1occc1Br. The third-order valence-electron chi connectivity index (χ3n) is 2.83. The molecule has 0 saturated carbocycles. The van der Waals surface area contributed by atoms with Gasteiger partial charge in [-0.25, -0.2) is 0 Å². The van der Waals surface area contributed by atoms with E-state index in [2.05, 4.69) is 68.4 Å². The summed E-state index contributed by atoms with van der Waals surface area (Å²) < 4.78 is 7.74. The van der Waals surface area contributed by atoms with Crippen LogP contribution in [0.15, 0.2) is 54.9 Å². The molecule has 1 N–H and O–H groups in total. The van der Waals surface area contributed by atoms with Crippen molar-refractivity contribution >= 4 is 43.6 Å². The van der Waals surface area contributed by atoms with Gasteiger partial charge in [0.05, 0.1) is 16.8 Å². The van der Waals surface area contributed by atoms with Crippen molar-refractivity contribution in [2.75, 3.05) is 12.3 Å². The summed E-state index contributed by atoms with van der Waals surface area (Å²) in [7, 11) is 0. The van der Waals surface area contributed by atoms with Crippen molar-refractivity contribution in [2.24, 2.45) is 0 Å². The summed E-state index contributed by atoms with van der Waals surface area (Å²) in [6, 6.07) is 10.6. The lowest BCUT2D eigenvalue weighted by Gasteiger charge is -2.16. The van der Waals surface area contributed by atoms with Gasteiger partial charge in [-0.15, -0.1) is 11.8 Å². The van der Waals surface area contributed by atoms with Crippen LogP contribution in [-0.2, 0) is 0 Å². The Labute approximate surface area is 141 Å². The van der Waals surface area contributed by atoms with E-state index in [4.69, 9.17) is 4.42 Å². The van der Waals surface area contributed by atoms with Crippen LogP contribution in [0.25, 0.3) is 0 Å². The first-order valence-electron chi connectivity index (χ1n) is 6.55. The van der Waals surface area contributed by atoms with Gasteiger partial charge >= 0.3 is 0 Å². The Morgan fingerprint density at radius 2 is 1.95 bits per heavy atom. The zero-order valence-corrected chi connectivity index (χ0v) is 15.2. The minimum absolute atomic E-state index is 0.216. The Balaban J connectivity index is 2.01. The van der Waals surface area contributed by atoms with Gasteiger partial charge in [-0.3, -0.25) is 0 Å². The zero-order valence-electron chi connectivity index (χ0n) is 11.2. The molecule has 0 spiro atoms. The standard InChI is InChI=1S/C15H17Br2NOS/c1-2-8-18-14(15-13(17)7-9-19-15)10-20-12-5-3-11(16)4-6-12/h3-7,9,14,18H,2,8,10H2,1H3. The molecule has 0 saturated heterocycles. The monoisotopic (exact) mass is 417 g/mol. The molecule has 0 bridgehead atoms. The molecule has 2 nitrogen and oxygen atoms in total. The van der Waals surface area contributed by atoms with Crippen LogP contribution in [0.4, 0.5) is 0 Å². The van der Waals surface area contributed by atoms with E-state index in [1.54, 1.807) is 6.26 Å². The quantitative estimate of drug-likeness (QED) is 0.589. The topological polar surface area (TPSA) is 25.2 Å². The molecule has 1 aromatic carbocycles. The fourth-order valence-electron chi connectivity index (χ4n) is 1.81. The van der Waals surface area contributed by atoms with Crippen LogP contribution in [-0.4, -0.2) is 12.3 Å². The molecule has 0 fully saturated rings. The smallest absolute Gasteiger partial charge is 0.135 e. The van der Waals surface area contributed by atoms with Crippen molar-refractivity contribution in [3.63, 3.8) is 0 Å². The first-order valence-corrected chi connectivity index (χ1v) is 9.12. The summed E-state index contributed by atoms with van der Waals surface area (Å²) in [5.41, 5.74) is 0. The van der Waals surface area contributed by atoms with Crippen LogP contribution in [0.5, 0.6) is 0 Å². The van der Waals surface area contributed by atoms with Crippen molar-refractivity contribution in [1.29, 1.82) is 0 Å². The summed E-state index contributed by atoms with van der Waals surface area (Å²) in [6.45, 7) is 3.15. The largest absolute Gasteiger partial charge is 0.466 e. The van der Waals surface area contributed by atoms with Gasteiger partial charge in [-0.1, -0.05) is 22.9 Å². The van der Waals surface area contributed by atoms with Crippen LogP contribution < -0.4 is 5.32 Å². The molecule has 1 unspecified atom stereocenters. The number of nitrogens with one attached hydrogen (secondary N) is 1. The van der Waals surface area contributed by atoms with Crippen LogP contribution >= 0.6 is 43.6 Å². The summed E-state index contributed by atoms with van der Waals surface area (Å²) >= 11 is 8.83. The van der Waals surface area contributed by atoms with Crippen molar-refractivity contribution in [2.45, 2.75) is 24.3 Å². The predicted octanol–water partition coefficient (Wildman–Crippen LogP) is 5.64. The van der Waals surface area contributed by atoms with Crippen molar-refractivity contribution < 1.29 is 4.42 Å². The summed E-state index contributed by atoms with van der Waals surface area (Å²) in [6.07, 6.45) is 2.84. The number of halogens is 2. The minimum Gasteiger partial charge on any atom is -0.466 e. The molecular weight excluding hydrogens is 402 g/mol. The van der Waals surface area contributed by atoms with E-state index >= 15 is 0 Å². The highest BCUT2D eigenvalue weighted by Crippen LogP contribution is 2.30. The Hall–Kier alpha value is -0.230. The molecule has 0 aliphatic rings. The number of rotatable bonds is 7. The number of thioether (sulfide) groups is 1. The minimum atomic E-state index is 0.216. The van der Waals surface area contributed by atoms with E-state index in [1.807, 2.05) is 17.8 Å². The normalized spacial score (nSPS) is 12.6. The lowest BCUT2D eigenvalue weighted by molar-refractivity contribution is 0.433. The highest BCUT2D eigenvalue weighted by molar-refractivity contribution is 9.10. The van der Waals surface area contributed by atoms with E-state index < -0.39 is 0 Å². The fraction of sp³-hybridized carbons (Fsp3) is 0.333. The Bertz CT molecular complexity index is 527. The molecule has 0 amide bonds. The van der Waals surface area contributed by atoms with Gasteiger partial charge in [-0.05, 0) is 59.2 Å². The first kappa shape index (κ1) is 16.1. The highest BCUT2D eigenvalue weighted by atomic mass is 79.9. The molecule has 2 rings (SSSR count). The third-order valence-corrected chi connectivity index (χ3v) is 5.12. The maximum Gasteiger partial charge on any atom is 0.135 e. The molecule has 5 heteroatoms. The molecule has 1 atom stereocenters. The average molecular weight is 419 g/mol. The van der Waals surface area contributed by atoms with Gasteiger partial charge in [0.1, 0.15) is 5.76 Å². The van der Waals surface area contributed by atoms with Gasteiger partial charge in [-0.2, -0.15) is 0 Å². The maximum atomic E-state index is 5.60. The summed E-state index contributed by atoms with van der Waals surface area (Å²) in [4.78, 5) is 1.26. The van der Waals surface area contributed by atoms with E-state index in [1.165, 1.54) is 4.90 Å². The number of hydrogen-bond donors (Lipinski definition) is 1. The Kier molecular flexibility index (Phi) is 6.68. The molecule has 1 heterocycles. The lowest BCUT2D eigenvalue weighted by atomic mass is 10.2. The Morgan fingerprint density at radius 1 is 1.20 bits per heavy atom. The Morgan fingerprint density at radius 3 is 2.55 bits per heavy atom. The van der Waals surface area contributed by atoms with Crippen LogP contribution in [0.2, 0.25) is 0 Å². The van der Waals surface area contributed by atoms with Crippen LogP contribution in [0, 0.1) is 0 Å². The van der Waals surface area contributed by atoms with Crippen LogP contribution in [0.3, 0.4) is 0 Å². The molecule has 0 radical (unpaired) electrons. The van der Waals surface area contributed by atoms with E-state index in [-0.39, 0.29) is 6.04 Å². The second-order valence-corrected chi connectivity index (χ2v) is 7.27. The summed E-state index contributed by atoms with van der Waals surface area (Å²) in [5.74, 6) is 1.91. The number of benzene rings is 1. The van der Waals surface area contributed by atoms with Gasteiger partial charge in [0.2, 0.25) is 0 Å². The number of hydrogen-bond acceptors (Lipinski definition) is 3. The van der Waals surface area contributed by atoms with Crippen LogP contribution in [0.1, 0.15) is 25.1 Å². The predicted molar refractivity (Wildman–Crippen MR) is 92.3 cm³/mol. The maximum absolute atomic E-state index is 5.60. The first-order chi connectivity index (χ1) is 9.70. The van der Waals surface area contributed by atoms with E-state index in [9.17, 15) is 0 Å². The molecule has 0 aliphatic carbocycles. The van der Waals surface area contributed by atoms with Crippen molar-refractivity contribution in [3.05, 3.63) is 51.3 Å². The number of furan rings is 1. The molecule has 1 aromatic heterocycles. The van der Waals surface area contributed by atoms with Gasteiger partial charge in [0.25, 0.3) is 0 Å².